The van der Waals surface area contributed by atoms with Crippen molar-refractivity contribution in [2.45, 2.75) is 75.2 Å². The van der Waals surface area contributed by atoms with Gasteiger partial charge in [-0.15, -0.1) is 0 Å². The van der Waals surface area contributed by atoms with Gasteiger partial charge in [-0.25, -0.2) is 0 Å². The van der Waals surface area contributed by atoms with Crippen molar-refractivity contribution in [1.82, 2.24) is 9.80 Å². The van der Waals surface area contributed by atoms with Gasteiger partial charge < -0.3 is 19.8 Å². The van der Waals surface area contributed by atoms with Crippen LogP contribution in [-0.4, -0.2) is 69.3 Å². The summed E-state index contributed by atoms with van der Waals surface area (Å²) in [4.78, 5) is 18.4. The number of amides is 1. The lowest BCUT2D eigenvalue weighted by Gasteiger charge is -2.65. The van der Waals surface area contributed by atoms with Crippen molar-refractivity contribution in [2.75, 3.05) is 19.6 Å². The number of piperidine rings is 1. The number of aromatic hydroxyl groups is 1. The maximum absolute atomic E-state index is 13.9. The average molecular weight is 579 g/mol. The van der Waals surface area contributed by atoms with Gasteiger partial charge >= 0.3 is 0 Å². The molecule has 43 heavy (non-hydrogen) atoms. The molecule has 0 unspecified atom stereocenters. The molecule has 2 bridgehead atoms. The summed E-state index contributed by atoms with van der Waals surface area (Å²) in [5, 5.41) is 24.0. The van der Waals surface area contributed by atoms with Crippen LogP contribution in [0.2, 0.25) is 0 Å². The second-order valence-electron chi connectivity index (χ2n) is 13.4. The fourth-order valence-electron chi connectivity index (χ4n) is 8.72. The third-order valence-electron chi connectivity index (χ3n) is 10.5. The molecule has 224 valence electrons. The minimum atomic E-state index is -1.01. The van der Waals surface area contributed by atoms with Gasteiger partial charge in [0.05, 0.1) is 17.1 Å². The van der Waals surface area contributed by atoms with Gasteiger partial charge in [-0.05, 0) is 73.4 Å². The van der Waals surface area contributed by atoms with Crippen LogP contribution in [0.3, 0.4) is 0 Å². The first-order chi connectivity index (χ1) is 20.8. The number of hydrogen-bond donors (Lipinski definition) is 2. The Morgan fingerprint density at radius 1 is 1.07 bits per heavy atom. The number of ether oxygens (including phenoxy) is 1. The van der Waals surface area contributed by atoms with Crippen molar-refractivity contribution in [3.05, 3.63) is 101 Å². The topological polar surface area (TPSA) is 73.2 Å². The van der Waals surface area contributed by atoms with Gasteiger partial charge in [-0.3, -0.25) is 9.69 Å². The monoisotopic (exact) mass is 578 g/mol. The molecule has 2 N–H and O–H groups in total. The first-order valence-electron chi connectivity index (χ1n) is 15.9. The second-order valence-corrected chi connectivity index (χ2v) is 13.4. The van der Waals surface area contributed by atoms with Crippen molar-refractivity contribution in [1.29, 1.82) is 0 Å². The smallest absolute Gasteiger partial charge is 0.246 e. The van der Waals surface area contributed by atoms with Crippen molar-refractivity contribution >= 4 is 12.0 Å². The first kappa shape index (κ1) is 28.2. The normalized spacial score (nSPS) is 29.0. The van der Waals surface area contributed by atoms with Crippen LogP contribution in [0.5, 0.6) is 11.5 Å². The average Bonchev–Trinajstić information content (AvgIpc) is 3.37. The van der Waals surface area contributed by atoms with E-state index in [1.165, 1.54) is 5.56 Å². The highest BCUT2D eigenvalue weighted by atomic mass is 16.5. The molecular weight excluding hydrogens is 536 g/mol. The van der Waals surface area contributed by atoms with E-state index in [0.29, 0.717) is 25.1 Å². The number of phenols is 1. The molecule has 3 aromatic rings. The van der Waals surface area contributed by atoms with E-state index in [1.807, 2.05) is 53.4 Å². The van der Waals surface area contributed by atoms with Gasteiger partial charge in [0.2, 0.25) is 5.91 Å². The molecule has 6 heteroatoms. The summed E-state index contributed by atoms with van der Waals surface area (Å²) in [6.07, 6.45) is 6.74. The fraction of sp³-hybridized carbons (Fsp3) is 0.432. The molecule has 6 nitrogen and oxygen atoms in total. The van der Waals surface area contributed by atoms with Crippen LogP contribution < -0.4 is 4.74 Å². The van der Waals surface area contributed by atoms with Gasteiger partial charge in [-0.1, -0.05) is 80.6 Å². The Hall–Kier alpha value is -3.61. The zero-order valence-electron chi connectivity index (χ0n) is 25.2. The molecule has 1 amide bonds. The minimum Gasteiger partial charge on any atom is -0.504 e. The molecule has 0 aromatic heterocycles. The van der Waals surface area contributed by atoms with Crippen LogP contribution in [-0.2, 0) is 23.1 Å². The van der Waals surface area contributed by atoms with E-state index in [2.05, 4.69) is 43.0 Å². The van der Waals surface area contributed by atoms with Gasteiger partial charge in [-0.2, -0.15) is 0 Å². The van der Waals surface area contributed by atoms with Crippen molar-refractivity contribution < 1.29 is 19.7 Å². The van der Waals surface area contributed by atoms with Crippen LogP contribution in [0, 0.1) is 5.92 Å². The largest absolute Gasteiger partial charge is 0.504 e. The number of hydrogen-bond acceptors (Lipinski definition) is 5. The number of nitrogens with zero attached hydrogens (tertiary/aromatic N) is 2. The number of likely N-dealkylation sites (tertiary alicyclic amines) is 1. The number of carbonyl (C=O) groups is 1. The van der Waals surface area contributed by atoms with Crippen LogP contribution >= 0.6 is 0 Å². The van der Waals surface area contributed by atoms with Crippen LogP contribution in [0.15, 0.2) is 78.9 Å². The predicted octanol–water partition coefficient (Wildman–Crippen LogP) is 5.36. The van der Waals surface area contributed by atoms with Gasteiger partial charge in [0.1, 0.15) is 6.10 Å². The van der Waals surface area contributed by atoms with E-state index in [4.69, 9.17) is 4.74 Å². The molecule has 2 aliphatic carbocycles. The predicted molar refractivity (Wildman–Crippen MR) is 168 cm³/mol. The summed E-state index contributed by atoms with van der Waals surface area (Å²) in [6, 6.07) is 23.9. The number of aliphatic hydroxyl groups is 1. The minimum absolute atomic E-state index is 0.0407. The Morgan fingerprint density at radius 2 is 1.81 bits per heavy atom. The third kappa shape index (κ3) is 4.49. The third-order valence-corrected chi connectivity index (χ3v) is 10.5. The number of benzene rings is 3. The highest BCUT2D eigenvalue weighted by Gasteiger charge is 2.73. The Morgan fingerprint density at radius 3 is 2.56 bits per heavy atom. The summed E-state index contributed by atoms with van der Waals surface area (Å²) in [6.45, 7) is 6.58. The standard InChI is InChI=1S/C37H42N2O4/c1-25(2)24-39(32(41)16-13-26-9-5-3-6-10-26)29-17-19-37(42)31-23-28-14-15-30(40)34-33(28)36(37,35(29)43-34)20-22-38(31)21-18-27-11-7-4-8-12-27/h3-16,25,29,31,35,40,42H,17-24H2,1-2H3/t29-,31+,35-,36-,37+/m0/s1. The van der Waals surface area contributed by atoms with Crippen LogP contribution in [0.25, 0.3) is 6.08 Å². The summed E-state index contributed by atoms with van der Waals surface area (Å²) in [5.41, 5.74) is 2.73. The quantitative estimate of drug-likeness (QED) is 0.353. The van der Waals surface area contributed by atoms with E-state index in [0.717, 1.165) is 49.0 Å². The van der Waals surface area contributed by atoms with Crippen LogP contribution in [0.4, 0.5) is 0 Å². The Balaban J connectivity index is 1.25. The van der Waals surface area contributed by atoms with E-state index in [-0.39, 0.29) is 29.7 Å². The Bertz CT molecular complexity index is 1520. The summed E-state index contributed by atoms with van der Waals surface area (Å²) in [7, 11) is 0. The molecule has 4 aliphatic rings. The molecule has 1 saturated carbocycles. The Kier molecular flexibility index (Phi) is 7.10. The van der Waals surface area contributed by atoms with Crippen molar-refractivity contribution in [3.8, 4) is 11.5 Å². The van der Waals surface area contributed by atoms with Gasteiger partial charge in [0.25, 0.3) is 0 Å². The maximum Gasteiger partial charge on any atom is 0.246 e. The lowest BCUT2D eigenvalue weighted by Crippen LogP contribution is -2.78. The molecular formula is C37H42N2O4. The summed E-state index contributed by atoms with van der Waals surface area (Å²) in [5.74, 6) is 0.861. The summed E-state index contributed by atoms with van der Waals surface area (Å²) >= 11 is 0. The molecule has 2 aliphatic heterocycles. The highest BCUT2D eigenvalue weighted by molar-refractivity contribution is 5.92. The highest BCUT2D eigenvalue weighted by Crippen LogP contribution is 2.65. The first-order valence-corrected chi connectivity index (χ1v) is 15.9. The summed E-state index contributed by atoms with van der Waals surface area (Å²) < 4.78 is 6.78. The van der Waals surface area contributed by atoms with Crippen molar-refractivity contribution in [2.24, 2.45) is 5.92 Å². The number of phenolic OH excluding ortho intramolecular Hbond substituents is 1. The molecule has 5 atom stereocenters. The molecule has 0 radical (unpaired) electrons. The van der Waals surface area contributed by atoms with Crippen molar-refractivity contribution in [3.63, 3.8) is 0 Å². The second kappa shape index (κ2) is 10.8. The number of carbonyl (C=O) groups excluding carboxylic acids is 1. The van der Waals surface area contributed by atoms with Gasteiger partial charge in [0.15, 0.2) is 11.5 Å². The fourth-order valence-corrected chi connectivity index (χ4v) is 8.72. The SMILES string of the molecule is CC(C)CN(C(=O)C=Cc1ccccc1)[C@H]1CC[C@@]2(O)[C@H]3Cc4ccc(O)c5c4[C@@]2(CCN3CCc2ccccc2)[C@H]1O5. The zero-order chi connectivity index (χ0) is 29.8. The molecule has 1 spiro atoms. The van der Waals surface area contributed by atoms with E-state index >= 15 is 0 Å². The van der Waals surface area contributed by atoms with E-state index in [1.54, 1.807) is 12.1 Å². The zero-order valence-corrected chi connectivity index (χ0v) is 25.2. The van der Waals surface area contributed by atoms with Crippen LogP contribution in [0.1, 0.15) is 55.4 Å². The molecule has 1 saturated heterocycles. The van der Waals surface area contributed by atoms with E-state index < -0.39 is 17.1 Å². The Labute approximate surface area is 254 Å². The lowest BCUT2D eigenvalue weighted by molar-refractivity contribution is -0.201. The molecule has 3 aromatic carbocycles. The molecule has 7 rings (SSSR count). The molecule has 2 fully saturated rings. The van der Waals surface area contributed by atoms with Gasteiger partial charge in [0, 0.05) is 30.8 Å². The number of rotatable bonds is 8. The molecule has 2 heterocycles. The van der Waals surface area contributed by atoms with E-state index in [9.17, 15) is 15.0 Å². The lowest BCUT2D eigenvalue weighted by atomic mass is 9.48. The maximum atomic E-state index is 13.9.